The SMILES string of the molecule is CCCCNC(=O)[C@@H](CC)N(Cc1ccccc1C)C(=O)CSCc1ccc(Cl)cc1Cl. The van der Waals surface area contributed by atoms with E-state index in [4.69, 9.17) is 23.2 Å². The molecule has 2 aromatic carbocycles. The van der Waals surface area contributed by atoms with Gasteiger partial charge in [0.2, 0.25) is 11.8 Å². The molecule has 1 N–H and O–H groups in total. The number of amides is 2. The van der Waals surface area contributed by atoms with E-state index >= 15 is 0 Å². The van der Waals surface area contributed by atoms with Crippen molar-refractivity contribution in [2.45, 2.75) is 58.4 Å². The van der Waals surface area contributed by atoms with Crippen LogP contribution in [-0.4, -0.2) is 35.1 Å². The molecule has 0 aliphatic rings. The highest BCUT2D eigenvalue weighted by atomic mass is 35.5. The third-order valence-corrected chi connectivity index (χ3v) is 6.87. The maximum atomic E-state index is 13.3. The topological polar surface area (TPSA) is 49.4 Å². The normalized spacial score (nSPS) is 11.8. The lowest BCUT2D eigenvalue weighted by molar-refractivity contribution is -0.139. The molecule has 0 saturated heterocycles. The van der Waals surface area contributed by atoms with E-state index in [9.17, 15) is 9.59 Å². The molecule has 1 atom stereocenters. The highest BCUT2D eigenvalue weighted by Gasteiger charge is 2.28. The number of carbonyl (C=O) groups is 2. The summed E-state index contributed by atoms with van der Waals surface area (Å²) in [6, 6.07) is 12.9. The van der Waals surface area contributed by atoms with E-state index in [1.54, 1.807) is 17.0 Å². The molecule has 2 rings (SSSR count). The molecule has 0 fully saturated rings. The first kappa shape index (κ1) is 26.6. The van der Waals surface area contributed by atoms with Crippen molar-refractivity contribution < 1.29 is 9.59 Å². The zero-order chi connectivity index (χ0) is 23.5. The van der Waals surface area contributed by atoms with Crippen molar-refractivity contribution in [1.82, 2.24) is 10.2 Å². The van der Waals surface area contributed by atoms with Gasteiger partial charge in [-0.2, -0.15) is 0 Å². The van der Waals surface area contributed by atoms with Crippen LogP contribution in [0.4, 0.5) is 0 Å². The van der Waals surface area contributed by atoms with Gasteiger partial charge in [0.1, 0.15) is 6.04 Å². The molecule has 174 valence electrons. The van der Waals surface area contributed by atoms with Crippen LogP contribution in [0.25, 0.3) is 0 Å². The van der Waals surface area contributed by atoms with E-state index in [1.165, 1.54) is 11.8 Å². The van der Waals surface area contributed by atoms with Crippen LogP contribution >= 0.6 is 35.0 Å². The Hall–Kier alpha value is -1.69. The Kier molecular flexibility index (Phi) is 11.4. The molecule has 0 bridgehead atoms. The highest BCUT2D eigenvalue weighted by Crippen LogP contribution is 2.25. The summed E-state index contributed by atoms with van der Waals surface area (Å²) in [6.07, 6.45) is 2.49. The van der Waals surface area contributed by atoms with Gasteiger partial charge in [-0.3, -0.25) is 9.59 Å². The molecule has 0 aromatic heterocycles. The molecule has 0 radical (unpaired) electrons. The van der Waals surface area contributed by atoms with Crippen molar-refractivity contribution in [3.8, 4) is 0 Å². The van der Waals surface area contributed by atoms with Crippen LogP contribution in [0.15, 0.2) is 42.5 Å². The van der Waals surface area contributed by atoms with Gasteiger partial charge in [0, 0.05) is 28.9 Å². The number of hydrogen-bond acceptors (Lipinski definition) is 3. The van der Waals surface area contributed by atoms with Crippen molar-refractivity contribution in [2.24, 2.45) is 0 Å². The summed E-state index contributed by atoms with van der Waals surface area (Å²) >= 11 is 13.7. The maximum absolute atomic E-state index is 13.3. The number of unbranched alkanes of at least 4 members (excludes halogenated alkanes) is 1. The minimum absolute atomic E-state index is 0.0548. The van der Waals surface area contributed by atoms with E-state index in [1.807, 2.05) is 44.2 Å². The molecule has 0 saturated carbocycles. The second kappa shape index (κ2) is 13.8. The van der Waals surface area contributed by atoms with E-state index in [-0.39, 0.29) is 17.6 Å². The van der Waals surface area contributed by atoms with Gasteiger partial charge in [-0.1, -0.05) is 73.8 Å². The van der Waals surface area contributed by atoms with Gasteiger partial charge in [0.25, 0.3) is 0 Å². The minimum atomic E-state index is -0.501. The lowest BCUT2D eigenvalue weighted by atomic mass is 10.1. The molecule has 0 aliphatic heterocycles. The molecule has 0 unspecified atom stereocenters. The first-order valence-corrected chi connectivity index (χ1v) is 12.9. The molecule has 32 heavy (non-hydrogen) atoms. The Bertz CT molecular complexity index is 907. The predicted molar refractivity (Wildman–Crippen MR) is 136 cm³/mol. The van der Waals surface area contributed by atoms with Crippen molar-refractivity contribution in [3.63, 3.8) is 0 Å². The lowest BCUT2D eigenvalue weighted by Gasteiger charge is -2.31. The number of halogens is 2. The quantitative estimate of drug-likeness (QED) is 0.354. The first-order chi connectivity index (χ1) is 15.4. The number of hydrogen-bond donors (Lipinski definition) is 1. The third kappa shape index (κ3) is 8.02. The van der Waals surface area contributed by atoms with Crippen molar-refractivity contribution in [3.05, 3.63) is 69.2 Å². The minimum Gasteiger partial charge on any atom is -0.354 e. The zero-order valence-corrected chi connectivity index (χ0v) is 21.3. The summed E-state index contributed by atoms with van der Waals surface area (Å²) in [5.74, 6) is 0.720. The fourth-order valence-electron chi connectivity index (χ4n) is 3.37. The van der Waals surface area contributed by atoms with Gasteiger partial charge in [-0.05, 0) is 48.6 Å². The van der Waals surface area contributed by atoms with Gasteiger partial charge in [0.15, 0.2) is 0 Å². The van der Waals surface area contributed by atoms with Crippen LogP contribution in [-0.2, 0) is 21.9 Å². The molecule has 2 aromatic rings. The molecule has 0 spiro atoms. The molecule has 7 heteroatoms. The van der Waals surface area contributed by atoms with E-state index < -0.39 is 6.04 Å². The van der Waals surface area contributed by atoms with Crippen LogP contribution in [0.1, 0.15) is 49.8 Å². The number of benzene rings is 2. The average molecular weight is 496 g/mol. The van der Waals surface area contributed by atoms with Crippen LogP contribution in [0.5, 0.6) is 0 Å². The number of rotatable bonds is 12. The zero-order valence-electron chi connectivity index (χ0n) is 19.0. The molecule has 4 nitrogen and oxygen atoms in total. The van der Waals surface area contributed by atoms with E-state index in [2.05, 4.69) is 12.2 Å². The summed E-state index contributed by atoms with van der Waals surface area (Å²) in [5.41, 5.74) is 3.09. The van der Waals surface area contributed by atoms with E-state index in [0.29, 0.717) is 35.3 Å². The van der Waals surface area contributed by atoms with E-state index in [0.717, 1.165) is 29.5 Å². The van der Waals surface area contributed by atoms with Crippen LogP contribution in [0.3, 0.4) is 0 Å². The Morgan fingerprint density at radius 3 is 2.50 bits per heavy atom. The summed E-state index contributed by atoms with van der Waals surface area (Å²) in [4.78, 5) is 27.9. The van der Waals surface area contributed by atoms with Gasteiger partial charge < -0.3 is 10.2 Å². The van der Waals surface area contributed by atoms with Crippen molar-refractivity contribution in [1.29, 1.82) is 0 Å². The largest absolute Gasteiger partial charge is 0.354 e. The Labute approximate surface area is 206 Å². The summed E-state index contributed by atoms with van der Waals surface area (Å²) < 4.78 is 0. The maximum Gasteiger partial charge on any atom is 0.242 e. The monoisotopic (exact) mass is 494 g/mol. The molecule has 2 amide bonds. The summed E-state index contributed by atoms with van der Waals surface area (Å²) in [7, 11) is 0. The van der Waals surface area contributed by atoms with Crippen molar-refractivity contribution >= 4 is 46.8 Å². The number of nitrogens with zero attached hydrogens (tertiary/aromatic N) is 1. The second-order valence-corrected chi connectivity index (χ2v) is 9.57. The lowest BCUT2D eigenvalue weighted by Crippen LogP contribution is -2.49. The molecular formula is C25H32Cl2N2O2S. The number of carbonyl (C=O) groups excluding carboxylic acids is 2. The summed E-state index contributed by atoms with van der Waals surface area (Å²) in [5, 5.41) is 4.18. The highest BCUT2D eigenvalue weighted by molar-refractivity contribution is 7.99. The Balaban J connectivity index is 2.13. The van der Waals surface area contributed by atoms with Gasteiger partial charge in [-0.25, -0.2) is 0 Å². The predicted octanol–water partition coefficient (Wildman–Crippen LogP) is 6.26. The average Bonchev–Trinajstić information content (AvgIpc) is 2.76. The number of aryl methyl sites for hydroxylation is 1. The second-order valence-electron chi connectivity index (χ2n) is 7.75. The standard InChI is InChI=1S/C25H32Cl2N2O2S/c1-4-6-13-28-25(31)23(5-2)29(15-19-10-8-7-9-18(19)3)24(30)17-32-16-20-11-12-21(26)14-22(20)27/h7-12,14,23H,4-6,13,15-17H2,1-3H3,(H,28,31)/t23-/m1/s1. The fraction of sp³-hybridized carbons (Fsp3) is 0.440. The molecule has 0 heterocycles. The van der Waals surface area contributed by atoms with Gasteiger partial charge >= 0.3 is 0 Å². The van der Waals surface area contributed by atoms with Crippen LogP contribution in [0, 0.1) is 6.92 Å². The number of thioether (sulfide) groups is 1. The molecular weight excluding hydrogens is 463 g/mol. The molecule has 0 aliphatic carbocycles. The fourth-order valence-corrected chi connectivity index (χ4v) is 4.84. The smallest absolute Gasteiger partial charge is 0.242 e. The van der Waals surface area contributed by atoms with Crippen LogP contribution in [0.2, 0.25) is 10.0 Å². The van der Waals surface area contributed by atoms with Crippen molar-refractivity contribution in [2.75, 3.05) is 12.3 Å². The summed E-state index contributed by atoms with van der Waals surface area (Å²) in [6.45, 7) is 7.09. The van der Waals surface area contributed by atoms with Gasteiger partial charge in [0.05, 0.1) is 5.75 Å². The number of nitrogens with one attached hydrogen (secondary N) is 1. The Morgan fingerprint density at radius 2 is 1.84 bits per heavy atom. The Morgan fingerprint density at radius 1 is 1.09 bits per heavy atom. The van der Waals surface area contributed by atoms with Crippen LogP contribution < -0.4 is 5.32 Å². The van der Waals surface area contributed by atoms with Gasteiger partial charge in [-0.15, -0.1) is 11.8 Å². The third-order valence-electron chi connectivity index (χ3n) is 5.32. The first-order valence-electron chi connectivity index (χ1n) is 11.0.